The minimum atomic E-state index is -2.64. The molecule has 3 aromatic carbocycles. The van der Waals surface area contributed by atoms with Gasteiger partial charge in [-0.3, -0.25) is 0 Å². The first kappa shape index (κ1) is 16.0. The first-order chi connectivity index (χ1) is 20.2. The van der Waals surface area contributed by atoms with E-state index in [1.54, 1.807) is 17.7 Å². The average molecular weight is 479 g/mol. The quantitative estimate of drug-likeness (QED) is 0.245. The highest BCUT2D eigenvalue weighted by Gasteiger charge is 2.24. The number of aryl methyl sites for hydroxylation is 4. The Balaban J connectivity index is 1.60. The Kier molecular flexibility index (Phi) is 3.83. The first-order valence-corrected chi connectivity index (χ1v) is 12.3. The Morgan fingerprint density at radius 2 is 1.61 bits per heavy atom. The van der Waals surface area contributed by atoms with Crippen LogP contribution in [0.15, 0.2) is 65.2 Å². The number of nitriles is 1. The van der Waals surface area contributed by atoms with E-state index in [4.69, 9.17) is 14.0 Å². The van der Waals surface area contributed by atoms with Crippen LogP contribution in [0.5, 0.6) is 0 Å². The summed E-state index contributed by atoms with van der Waals surface area (Å²) in [6.07, 6.45) is 5.15. The van der Waals surface area contributed by atoms with E-state index in [1.165, 1.54) is 12.3 Å². The van der Waals surface area contributed by atoms with Crippen LogP contribution < -0.4 is 4.57 Å². The van der Waals surface area contributed by atoms with Gasteiger partial charge in [-0.05, 0) is 73.7 Å². The lowest BCUT2D eigenvalue weighted by atomic mass is 9.92. The van der Waals surface area contributed by atoms with Crippen LogP contribution >= 0.6 is 0 Å². The van der Waals surface area contributed by atoms with Crippen LogP contribution in [-0.4, -0.2) is 0 Å². The standard InChI is InChI=1S/C33H31N2O/c1-20-9-15-27-28-16-14-26(18-34)31(25-12-10-24(11-13-25)23-7-5-6-8-23)33(28)36-32(27)30(20)29-17-21(2)22(3)19-35(29)4/h9-17,19,23H,5-8H2,1-4H3/q+1/i2D3,3D3,23D. The molecule has 1 aliphatic carbocycles. The smallest absolute Gasteiger partial charge is 0.216 e. The highest BCUT2D eigenvalue weighted by atomic mass is 16.3. The second kappa shape index (κ2) is 8.64. The lowest BCUT2D eigenvalue weighted by molar-refractivity contribution is -0.660. The van der Waals surface area contributed by atoms with Crippen LogP contribution in [0.25, 0.3) is 44.3 Å². The maximum absolute atomic E-state index is 10.1. The summed E-state index contributed by atoms with van der Waals surface area (Å²) in [5.74, 6) is -0.577. The Morgan fingerprint density at radius 1 is 0.917 bits per heavy atom. The van der Waals surface area contributed by atoms with Gasteiger partial charge in [-0.25, -0.2) is 4.57 Å². The minimum Gasteiger partial charge on any atom is -0.454 e. The van der Waals surface area contributed by atoms with Gasteiger partial charge in [0, 0.05) is 37.6 Å². The molecule has 0 atom stereocenters. The van der Waals surface area contributed by atoms with Crippen molar-refractivity contribution in [3.8, 4) is 28.5 Å². The number of benzene rings is 3. The average Bonchev–Trinajstić information content (AvgIpc) is 3.56. The Hall–Kier alpha value is -3.90. The second-order valence-corrected chi connectivity index (χ2v) is 9.70. The third kappa shape index (κ3) is 3.52. The molecule has 0 N–H and O–H groups in total. The molecule has 178 valence electrons. The van der Waals surface area contributed by atoms with Crippen LogP contribution in [0.4, 0.5) is 0 Å². The van der Waals surface area contributed by atoms with E-state index in [2.05, 4.69) is 6.07 Å². The van der Waals surface area contributed by atoms with Crippen molar-refractivity contribution in [1.29, 1.82) is 5.26 Å². The van der Waals surface area contributed by atoms with Crippen molar-refractivity contribution >= 4 is 21.9 Å². The Labute approximate surface area is 222 Å². The molecular weight excluding hydrogens is 440 g/mol. The molecule has 0 radical (unpaired) electrons. The fourth-order valence-electron chi connectivity index (χ4n) is 5.56. The molecular formula is C33H31N2O+. The van der Waals surface area contributed by atoms with Gasteiger partial charge in [0.15, 0.2) is 6.20 Å². The van der Waals surface area contributed by atoms with Gasteiger partial charge in [-0.15, -0.1) is 0 Å². The molecule has 3 heteroatoms. The van der Waals surface area contributed by atoms with Gasteiger partial charge in [-0.1, -0.05) is 49.2 Å². The third-order valence-electron chi connectivity index (χ3n) is 7.46. The maximum atomic E-state index is 10.1. The molecule has 0 aliphatic heterocycles. The summed E-state index contributed by atoms with van der Waals surface area (Å²) in [4.78, 5) is 0. The summed E-state index contributed by atoms with van der Waals surface area (Å²) in [5.41, 5.74) is 5.48. The van der Waals surface area contributed by atoms with Crippen LogP contribution in [-0.2, 0) is 7.05 Å². The van der Waals surface area contributed by atoms with Gasteiger partial charge in [0.1, 0.15) is 18.2 Å². The molecule has 0 unspecified atom stereocenters. The highest BCUT2D eigenvalue weighted by molar-refractivity contribution is 6.14. The van der Waals surface area contributed by atoms with Crippen molar-refractivity contribution in [1.82, 2.24) is 0 Å². The zero-order valence-corrected chi connectivity index (χ0v) is 20.4. The molecule has 1 saturated carbocycles. The van der Waals surface area contributed by atoms with Gasteiger partial charge >= 0.3 is 0 Å². The minimum absolute atomic E-state index is 0.218. The maximum Gasteiger partial charge on any atom is 0.216 e. The third-order valence-corrected chi connectivity index (χ3v) is 7.46. The summed E-state index contributed by atoms with van der Waals surface area (Å²) < 4.78 is 65.2. The van der Waals surface area contributed by atoms with Crippen LogP contribution in [0.1, 0.15) is 69.0 Å². The van der Waals surface area contributed by atoms with Gasteiger partial charge in [-0.2, -0.15) is 5.26 Å². The van der Waals surface area contributed by atoms with Crippen molar-refractivity contribution in [2.75, 3.05) is 0 Å². The van der Waals surface area contributed by atoms with E-state index in [1.807, 2.05) is 49.4 Å². The number of hydrogen-bond donors (Lipinski definition) is 0. The molecule has 1 fully saturated rings. The van der Waals surface area contributed by atoms with Gasteiger partial charge in [0.05, 0.1) is 17.2 Å². The number of aromatic nitrogens is 1. The molecule has 2 aromatic heterocycles. The predicted molar refractivity (Wildman–Crippen MR) is 146 cm³/mol. The monoisotopic (exact) mass is 478 g/mol. The number of fused-ring (bicyclic) bond motifs is 3. The number of hydrogen-bond acceptors (Lipinski definition) is 2. The summed E-state index contributed by atoms with van der Waals surface area (Å²) in [6, 6.07) is 19.1. The van der Waals surface area contributed by atoms with E-state index in [0.29, 0.717) is 33.6 Å². The molecule has 2 heterocycles. The molecule has 5 aromatic rings. The largest absolute Gasteiger partial charge is 0.454 e. The number of furan rings is 1. The van der Waals surface area contributed by atoms with Crippen LogP contribution in [0.3, 0.4) is 0 Å². The lowest BCUT2D eigenvalue weighted by Gasteiger charge is -2.11. The topological polar surface area (TPSA) is 40.8 Å². The SMILES string of the molecule is [2H]C([2H])([2H])c1cc(-c2c(C)ccc3c2oc2c(-c4ccc(C5([2H])CCCC5)cc4)c(C#N)ccc23)[n+](C)cc1C([2H])([2H])[2H]. The lowest BCUT2D eigenvalue weighted by Crippen LogP contribution is -2.31. The van der Waals surface area contributed by atoms with Gasteiger partial charge < -0.3 is 4.42 Å². The van der Waals surface area contributed by atoms with Crippen molar-refractivity contribution in [3.05, 3.63) is 88.6 Å². The molecule has 0 amide bonds. The van der Waals surface area contributed by atoms with E-state index in [0.717, 1.165) is 53.1 Å². The molecule has 0 bridgehead atoms. The molecule has 1 aliphatic rings. The number of rotatable bonds is 3. The highest BCUT2D eigenvalue weighted by Crippen LogP contribution is 2.42. The number of pyridine rings is 1. The summed E-state index contributed by atoms with van der Waals surface area (Å²) in [6.45, 7) is -3.34. The van der Waals surface area contributed by atoms with Gasteiger partial charge in [0.25, 0.3) is 0 Å². The Bertz CT molecular complexity index is 1940. The molecule has 6 rings (SSSR count). The van der Waals surface area contributed by atoms with Gasteiger partial charge in [0.2, 0.25) is 5.69 Å². The van der Waals surface area contributed by atoms with Crippen molar-refractivity contribution < 1.29 is 18.6 Å². The molecule has 0 saturated heterocycles. The summed E-state index contributed by atoms with van der Waals surface area (Å²) in [7, 11) is 1.69. The predicted octanol–water partition coefficient (Wildman–Crippen LogP) is 8.20. The zero-order chi connectivity index (χ0) is 30.9. The normalized spacial score (nSPS) is 18.5. The van der Waals surface area contributed by atoms with Crippen molar-refractivity contribution in [3.63, 3.8) is 0 Å². The van der Waals surface area contributed by atoms with E-state index in [-0.39, 0.29) is 11.1 Å². The summed E-state index contributed by atoms with van der Waals surface area (Å²) >= 11 is 0. The Morgan fingerprint density at radius 3 is 2.31 bits per heavy atom. The zero-order valence-electron chi connectivity index (χ0n) is 27.4. The fourth-order valence-corrected chi connectivity index (χ4v) is 5.56. The number of nitrogens with zero attached hydrogens (tertiary/aromatic N) is 2. The summed E-state index contributed by atoms with van der Waals surface area (Å²) in [5, 5.41) is 11.7. The van der Waals surface area contributed by atoms with E-state index in [9.17, 15) is 5.26 Å². The van der Waals surface area contributed by atoms with Crippen molar-refractivity contribution in [2.24, 2.45) is 7.05 Å². The molecule has 0 spiro atoms. The fraction of sp³-hybridized carbons (Fsp3) is 0.273. The van der Waals surface area contributed by atoms with Crippen molar-refractivity contribution in [2.45, 2.75) is 52.2 Å². The van der Waals surface area contributed by atoms with E-state index < -0.39 is 19.6 Å². The van der Waals surface area contributed by atoms with Crippen LogP contribution in [0.2, 0.25) is 0 Å². The molecule has 3 nitrogen and oxygen atoms in total. The second-order valence-electron chi connectivity index (χ2n) is 9.70. The van der Waals surface area contributed by atoms with Crippen LogP contribution in [0, 0.1) is 32.0 Å². The molecule has 36 heavy (non-hydrogen) atoms. The van der Waals surface area contributed by atoms with E-state index >= 15 is 0 Å². The first-order valence-electron chi connectivity index (χ1n) is 15.8.